The van der Waals surface area contributed by atoms with E-state index in [4.69, 9.17) is 0 Å². The SMILES string of the molecule is CCNCC.O=C(Nc1sc2c(c1C(=O)O)CCC(c1ccccc1)C2)c1ccccc1. The van der Waals surface area contributed by atoms with Crippen LogP contribution in [0.25, 0.3) is 0 Å². The van der Waals surface area contributed by atoms with Crippen molar-refractivity contribution in [2.24, 2.45) is 0 Å². The molecule has 1 aliphatic rings. The fourth-order valence-corrected chi connectivity index (χ4v) is 5.24. The quantitative estimate of drug-likeness (QED) is 0.458. The fourth-order valence-electron chi connectivity index (χ4n) is 3.92. The van der Waals surface area contributed by atoms with E-state index in [2.05, 4.69) is 36.6 Å². The van der Waals surface area contributed by atoms with Crippen molar-refractivity contribution in [2.45, 2.75) is 39.0 Å². The molecule has 3 aromatic rings. The number of nitrogens with one attached hydrogen (secondary N) is 2. The average Bonchev–Trinajstić information content (AvgIpc) is 3.18. The summed E-state index contributed by atoms with van der Waals surface area (Å²) in [5, 5.41) is 16.1. The third-order valence-corrected chi connectivity index (χ3v) is 6.68. The molecule has 1 unspecified atom stereocenters. The van der Waals surface area contributed by atoms with Gasteiger partial charge in [-0.05, 0) is 61.5 Å². The van der Waals surface area contributed by atoms with E-state index in [0.717, 1.165) is 36.4 Å². The first kappa shape index (κ1) is 23.7. The number of hydrogen-bond donors (Lipinski definition) is 3. The van der Waals surface area contributed by atoms with Gasteiger partial charge in [-0.1, -0.05) is 62.4 Å². The van der Waals surface area contributed by atoms with Crippen molar-refractivity contribution in [3.05, 3.63) is 87.8 Å². The van der Waals surface area contributed by atoms with Gasteiger partial charge in [0.25, 0.3) is 5.91 Å². The summed E-state index contributed by atoms with van der Waals surface area (Å²) in [6.45, 7) is 6.39. The second-order valence-corrected chi connectivity index (χ2v) is 8.75. The van der Waals surface area contributed by atoms with E-state index in [-0.39, 0.29) is 11.5 Å². The lowest BCUT2D eigenvalue weighted by molar-refractivity contribution is 0.0697. The number of hydrogen-bond acceptors (Lipinski definition) is 4. The molecular weight excluding hydrogens is 420 g/mol. The Kier molecular flexibility index (Phi) is 8.59. The number of anilines is 1. The maximum absolute atomic E-state index is 12.5. The van der Waals surface area contributed by atoms with Crippen LogP contribution in [0.1, 0.15) is 62.9 Å². The molecule has 0 saturated carbocycles. The van der Waals surface area contributed by atoms with Gasteiger partial charge in [0, 0.05) is 10.4 Å². The van der Waals surface area contributed by atoms with Crippen LogP contribution >= 0.6 is 11.3 Å². The van der Waals surface area contributed by atoms with Gasteiger partial charge in [0.2, 0.25) is 0 Å². The van der Waals surface area contributed by atoms with E-state index in [0.29, 0.717) is 22.9 Å². The standard InChI is InChI=1S/C22H19NO3S.C4H11N/c24-20(15-9-5-2-6-10-15)23-21-19(22(25)26)17-12-11-16(13-18(17)27-21)14-7-3-1-4-8-14;1-3-5-4-2/h1-10,16H,11-13H2,(H,23,24)(H,25,26);5H,3-4H2,1-2H3. The predicted octanol–water partition coefficient (Wildman–Crippen LogP) is 5.59. The van der Waals surface area contributed by atoms with Gasteiger partial charge in [-0.25, -0.2) is 4.79 Å². The summed E-state index contributed by atoms with van der Waals surface area (Å²) in [7, 11) is 0. The highest BCUT2D eigenvalue weighted by Gasteiger charge is 2.30. The van der Waals surface area contributed by atoms with E-state index >= 15 is 0 Å². The van der Waals surface area contributed by atoms with Crippen LogP contribution in [0.15, 0.2) is 60.7 Å². The van der Waals surface area contributed by atoms with Gasteiger partial charge < -0.3 is 15.7 Å². The molecule has 0 bridgehead atoms. The Bertz CT molecular complexity index is 1030. The molecule has 3 N–H and O–H groups in total. The molecule has 2 aromatic carbocycles. The Hall–Kier alpha value is -2.96. The summed E-state index contributed by atoms with van der Waals surface area (Å²) in [6, 6.07) is 19.2. The van der Waals surface area contributed by atoms with Crippen LogP contribution in [0.3, 0.4) is 0 Å². The zero-order chi connectivity index (χ0) is 22.9. The second kappa shape index (κ2) is 11.6. The molecule has 5 nitrogen and oxygen atoms in total. The number of carbonyl (C=O) groups is 2. The number of amides is 1. The molecule has 0 spiro atoms. The lowest BCUT2D eigenvalue weighted by Crippen LogP contribution is -2.15. The summed E-state index contributed by atoms with van der Waals surface area (Å²) >= 11 is 1.40. The lowest BCUT2D eigenvalue weighted by Gasteiger charge is -2.22. The van der Waals surface area contributed by atoms with Gasteiger partial charge in [-0.15, -0.1) is 11.3 Å². The monoisotopic (exact) mass is 450 g/mol. The van der Waals surface area contributed by atoms with Crippen LogP contribution in [-0.4, -0.2) is 30.1 Å². The molecule has 1 atom stereocenters. The largest absolute Gasteiger partial charge is 0.478 e. The molecule has 4 rings (SSSR count). The summed E-state index contributed by atoms with van der Waals surface area (Å²) < 4.78 is 0. The van der Waals surface area contributed by atoms with Crippen LogP contribution in [0.2, 0.25) is 0 Å². The Balaban J connectivity index is 0.000000523. The molecular formula is C26H30N2O3S. The lowest BCUT2D eigenvalue weighted by atomic mass is 9.83. The van der Waals surface area contributed by atoms with E-state index in [1.807, 2.05) is 24.3 Å². The van der Waals surface area contributed by atoms with Gasteiger partial charge in [0.15, 0.2) is 0 Å². The number of carboxylic acids is 1. The van der Waals surface area contributed by atoms with E-state index in [9.17, 15) is 14.7 Å². The Morgan fingerprint density at radius 2 is 1.62 bits per heavy atom. The molecule has 6 heteroatoms. The first-order valence-corrected chi connectivity index (χ1v) is 11.9. The van der Waals surface area contributed by atoms with Gasteiger partial charge in [0.1, 0.15) is 5.00 Å². The Labute approximate surface area is 193 Å². The maximum Gasteiger partial charge on any atom is 0.339 e. The highest BCUT2D eigenvalue weighted by atomic mass is 32.1. The maximum atomic E-state index is 12.5. The van der Waals surface area contributed by atoms with Crippen LogP contribution in [-0.2, 0) is 12.8 Å². The number of thiophene rings is 1. The average molecular weight is 451 g/mol. The number of benzene rings is 2. The topological polar surface area (TPSA) is 78.4 Å². The molecule has 0 saturated heterocycles. The summed E-state index contributed by atoms with van der Waals surface area (Å²) in [5.41, 5.74) is 2.93. The van der Waals surface area contributed by atoms with Gasteiger partial charge in [-0.3, -0.25) is 4.79 Å². The summed E-state index contributed by atoms with van der Waals surface area (Å²) in [4.78, 5) is 25.4. The first-order valence-electron chi connectivity index (χ1n) is 11.0. The Morgan fingerprint density at radius 3 is 2.19 bits per heavy atom. The van der Waals surface area contributed by atoms with Crippen molar-refractivity contribution in [3.8, 4) is 0 Å². The molecule has 0 radical (unpaired) electrons. The smallest absolute Gasteiger partial charge is 0.339 e. The minimum Gasteiger partial charge on any atom is -0.478 e. The zero-order valence-electron chi connectivity index (χ0n) is 18.6. The Morgan fingerprint density at radius 1 is 1.00 bits per heavy atom. The van der Waals surface area contributed by atoms with Crippen molar-refractivity contribution in [3.63, 3.8) is 0 Å². The van der Waals surface area contributed by atoms with Crippen molar-refractivity contribution < 1.29 is 14.7 Å². The van der Waals surface area contributed by atoms with Gasteiger partial charge in [-0.2, -0.15) is 0 Å². The zero-order valence-corrected chi connectivity index (χ0v) is 19.4. The van der Waals surface area contributed by atoms with Crippen LogP contribution in [0, 0.1) is 0 Å². The fraction of sp³-hybridized carbons (Fsp3) is 0.308. The third-order valence-electron chi connectivity index (χ3n) is 5.51. The van der Waals surface area contributed by atoms with Crippen LogP contribution in [0.5, 0.6) is 0 Å². The highest BCUT2D eigenvalue weighted by Crippen LogP contribution is 2.42. The van der Waals surface area contributed by atoms with E-state index < -0.39 is 5.97 Å². The van der Waals surface area contributed by atoms with E-state index in [1.165, 1.54) is 16.9 Å². The third kappa shape index (κ3) is 5.84. The van der Waals surface area contributed by atoms with Gasteiger partial charge >= 0.3 is 5.97 Å². The molecule has 168 valence electrons. The molecule has 1 amide bonds. The number of aromatic carboxylic acids is 1. The van der Waals surface area contributed by atoms with Crippen molar-refractivity contribution in [2.75, 3.05) is 18.4 Å². The summed E-state index contributed by atoms with van der Waals surface area (Å²) in [5.74, 6) is -0.873. The molecule has 0 aliphatic heterocycles. The minimum absolute atomic E-state index is 0.255. The number of fused-ring (bicyclic) bond motifs is 1. The number of rotatable bonds is 6. The molecule has 32 heavy (non-hydrogen) atoms. The minimum atomic E-state index is -0.978. The van der Waals surface area contributed by atoms with Crippen molar-refractivity contribution >= 4 is 28.2 Å². The number of carboxylic acid groups (broad SMARTS) is 1. The van der Waals surface area contributed by atoms with Crippen molar-refractivity contribution in [1.82, 2.24) is 5.32 Å². The molecule has 1 aliphatic carbocycles. The molecule has 1 heterocycles. The predicted molar refractivity (Wildman–Crippen MR) is 131 cm³/mol. The van der Waals surface area contributed by atoms with Crippen LogP contribution in [0.4, 0.5) is 5.00 Å². The normalized spacial score (nSPS) is 14.6. The first-order chi connectivity index (χ1) is 15.5. The second-order valence-electron chi connectivity index (χ2n) is 7.64. The van der Waals surface area contributed by atoms with E-state index in [1.54, 1.807) is 24.3 Å². The molecule has 1 aromatic heterocycles. The number of carbonyl (C=O) groups excluding carboxylic acids is 1. The highest BCUT2D eigenvalue weighted by molar-refractivity contribution is 7.17. The van der Waals surface area contributed by atoms with Crippen LogP contribution < -0.4 is 10.6 Å². The molecule has 0 fully saturated rings. The summed E-state index contributed by atoms with van der Waals surface area (Å²) in [6.07, 6.45) is 2.44. The van der Waals surface area contributed by atoms with Gasteiger partial charge in [0.05, 0.1) is 5.56 Å². The van der Waals surface area contributed by atoms with Crippen molar-refractivity contribution in [1.29, 1.82) is 0 Å².